The maximum atomic E-state index is 11.8. The monoisotopic (exact) mass is 193 g/mol. The summed E-state index contributed by atoms with van der Waals surface area (Å²) in [6.07, 6.45) is 3.81. The molecule has 1 aliphatic rings. The molecule has 0 saturated heterocycles. The van der Waals surface area contributed by atoms with Gasteiger partial charge in [0.05, 0.1) is 0 Å². The van der Waals surface area contributed by atoms with Crippen LogP contribution in [0.25, 0.3) is 0 Å². The van der Waals surface area contributed by atoms with Crippen molar-refractivity contribution in [2.75, 3.05) is 0 Å². The molecule has 14 heavy (non-hydrogen) atoms. The first-order chi connectivity index (χ1) is 6.68. The lowest BCUT2D eigenvalue weighted by Gasteiger charge is -1.80. The van der Waals surface area contributed by atoms with Crippen LogP contribution in [0.3, 0.4) is 0 Å². The molecule has 5 heteroatoms. The molecule has 0 bridgehead atoms. The molecular formula is C9H7FN2O2. The minimum atomic E-state index is -0.428. The van der Waals surface area contributed by atoms with E-state index >= 15 is 0 Å². The van der Waals surface area contributed by atoms with Gasteiger partial charge in [-0.05, 0) is 12.1 Å². The Kier molecular flexibility index (Phi) is 3.49. The number of carbonyl (C=O) groups is 2. The summed E-state index contributed by atoms with van der Waals surface area (Å²) in [6, 6.07) is 4.57. The highest BCUT2D eigenvalue weighted by Crippen LogP contribution is 1.86. The van der Waals surface area contributed by atoms with Gasteiger partial charge in [-0.25, -0.2) is 4.98 Å². The molecule has 2 heterocycles. The van der Waals surface area contributed by atoms with E-state index in [1.807, 2.05) is 5.32 Å². The van der Waals surface area contributed by atoms with Gasteiger partial charge in [0, 0.05) is 18.3 Å². The van der Waals surface area contributed by atoms with Crippen LogP contribution in [0.15, 0.2) is 36.5 Å². The lowest BCUT2D eigenvalue weighted by atomic mass is 10.5. The van der Waals surface area contributed by atoms with Crippen LogP contribution in [0.2, 0.25) is 0 Å². The molecule has 0 spiro atoms. The summed E-state index contributed by atoms with van der Waals surface area (Å²) in [4.78, 5) is 23.4. The van der Waals surface area contributed by atoms with Gasteiger partial charge in [-0.15, -0.1) is 0 Å². The number of nitrogens with zero attached hydrogens (tertiary/aromatic N) is 1. The third-order valence-corrected chi connectivity index (χ3v) is 1.26. The molecular weight excluding hydrogens is 186 g/mol. The molecule has 0 saturated carbocycles. The minimum absolute atomic E-state index is 0.329. The largest absolute Gasteiger partial charge is 0.289 e. The van der Waals surface area contributed by atoms with E-state index in [9.17, 15) is 14.0 Å². The minimum Gasteiger partial charge on any atom is -0.289 e. The van der Waals surface area contributed by atoms with Crippen molar-refractivity contribution >= 4 is 11.8 Å². The van der Waals surface area contributed by atoms with Gasteiger partial charge in [-0.1, -0.05) is 6.07 Å². The van der Waals surface area contributed by atoms with E-state index in [0.29, 0.717) is 0 Å². The van der Waals surface area contributed by atoms with Crippen molar-refractivity contribution in [3.63, 3.8) is 0 Å². The lowest BCUT2D eigenvalue weighted by Crippen LogP contribution is -2.19. The summed E-state index contributed by atoms with van der Waals surface area (Å²) in [5.41, 5.74) is 0. The van der Waals surface area contributed by atoms with Gasteiger partial charge in [0.1, 0.15) is 0 Å². The predicted octanol–water partition coefficient (Wildman–Crippen LogP) is 0.420. The fraction of sp³-hybridized carbons (Fsp3) is 0. The highest BCUT2D eigenvalue weighted by molar-refractivity contribution is 6.12. The number of halogens is 1. The van der Waals surface area contributed by atoms with Gasteiger partial charge >= 0.3 is 0 Å². The molecule has 0 radical (unpaired) electrons. The summed E-state index contributed by atoms with van der Waals surface area (Å²) >= 11 is 0. The Hall–Kier alpha value is -2.04. The van der Waals surface area contributed by atoms with Crippen molar-refractivity contribution in [2.45, 2.75) is 0 Å². The fourth-order valence-electron chi connectivity index (χ4n) is 0.698. The number of nitrogens with one attached hydrogen (secondary N) is 1. The standard InChI is InChI=1S/C5H4FN.C4H3NO2/c6-5-3-1-2-4-7-5;6-3-1-2-4(7)5-3/h1-4H;1-2H,(H,5,6,7)/i6-1;. The molecule has 1 aromatic heterocycles. The van der Waals surface area contributed by atoms with E-state index in [1.54, 1.807) is 12.1 Å². The van der Waals surface area contributed by atoms with Crippen molar-refractivity contribution in [3.05, 3.63) is 42.5 Å². The number of aromatic nitrogens is 1. The number of rotatable bonds is 0. The van der Waals surface area contributed by atoms with E-state index in [0.717, 1.165) is 0 Å². The average Bonchev–Trinajstić information content (AvgIpc) is 2.52. The molecule has 1 N–H and O–H groups in total. The van der Waals surface area contributed by atoms with E-state index in [-0.39, 0.29) is 11.8 Å². The maximum Gasteiger partial charge on any atom is 0.250 e. The van der Waals surface area contributed by atoms with Crippen LogP contribution in [0.1, 0.15) is 0 Å². The van der Waals surface area contributed by atoms with Gasteiger partial charge in [0.25, 0.3) is 11.8 Å². The third kappa shape index (κ3) is 3.57. The highest BCUT2D eigenvalue weighted by atomic mass is 18.2. The number of hydrogen-bond acceptors (Lipinski definition) is 3. The molecule has 1 aliphatic heterocycles. The molecule has 4 nitrogen and oxygen atoms in total. The number of carbonyl (C=O) groups excluding carboxylic acids is 2. The van der Waals surface area contributed by atoms with E-state index in [4.69, 9.17) is 0 Å². The number of hydrogen-bond donors (Lipinski definition) is 1. The summed E-state index contributed by atoms with van der Waals surface area (Å²) in [7, 11) is 0. The van der Waals surface area contributed by atoms with Crippen LogP contribution in [0.4, 0.5) is 4.39 Å². The van der Waals surface area contributed by atoms with Crippen molar-refractivity contribution < 1.29 is 14.0 Å². The first-order valence-electron chi connectivity index (χ1n) is 3.78. The second kappa shape index (κ2) is 4.86. The summed E-state index contributed by atoms with van der Waals surface area (Å²) in [5, 5.41) is 2.03. The maximum absolute atomic E-state index is 11.8. The highest BCUT2D eigenvalue weighted by Gasteiger charge is 2.06. The molecule has 0 unspecified atom stereocenters. The Morgan fingerprint density at radius 1 is 1.14 bits per heavy atom. The Labute approximate surface area is 79.5 Å². The molecule has 0 aromatic carbocycles. The quantitative estimate of drug-likeness (QED) is 0.480. The molecule has 0 fully saturated rings. The van der Waals surface area contributed by atoms with Crippen molar-refractivity contribution in [2.24, 2.45) is 0 Å². The smallest absolute Gasteiger partial charge is 0.250 e. The molecule has 0 aliphatic carbocycles. The van der Waals surface area contributed by atoms with Gasteiger partial charge in [0.15, 0.2) is 0 Å². The van der Waals surface area contributed by atoms with Gasteiger partial charge in [0.2, 0.25) is 5.95 Å². The van der Waals surface area contributed by atoms with Crippen molar-refractivity contribution in [3.8, 4) is 0 Å². The molecule has 0 atom stereocenters. The average molecular weight is 193 g/mol. The number of imide groups is 1. The zero-order chi connectivity index (χ0) is 10.4. The van der Waals surface area contributed by atoms with Crippen molar-refractivity contribution in [1.29, 1.82) is 0 Å². The third-order valence-electron chi connectivity index (χ3n) is 1.26. The number of pyridine rings is 1. The second-order valence-corrected chi connectivity index (χ2v) is 2.34. The zero-order valence-corrected chi connectivity index (χ0v) is 7.11. The lowest BCUT2D eigenvalue weighted by molar-refractivity contribution is -0.123. The van der Waals surface area contributed by atoms with Gasteiger partial charge in [-0.2, -0.15) is 4.39 Å². The predicted molar refractivity (Wildman–Crippen MR) is 46.5 cm³/mol. The van der Waals surface area contributed by atoms with Crippen molar-refractivity contribution in [1.82, 2.24) is 10.3 Å². The Morgan fingerprint density at radius 3 is 2.00 bits per heavy atom. The van der Waals surface area contributed by atoms with Gasteiger partial charge < -0.3 is 0 Å². The Morgan fingerprint density at radius 2 is 1.79 bits per heavy atom. The fourth-order valence-corrected chi connectivity index (χ4v) is 0.698. The molecule has 1 aromatic rings. The van der Waals surface area contributed by atoms with Crippen LogP contribution >= 0.6 is 0 Å². The normalized spacial score (nSPS) is 13.2. The number of amides is 2. The first kappa shape index (κ1) is 10.0. The molecule has 2 rings (SSSR count). The second-order valence-electron chi connectivity index (χ2n) is 2.34. The zero-order valence-electron chi connectivity index (χ0n) is 7.11. The van der Waals surface area contributed by atoms with Gasteiger partial charge in [-0.3, -0.25) is 14.9 Å². The SMILES string of the molecule is O=C1C=CC(=O)N1.[18F]c1ccccn1. The van der Waals surface area contributed by atoms with E-state index in [1.165, 1.54) is 24.4 Å². The van der Waals surface area contributed by atoms with Crippen LogP contribution in [0.5, 0.6) is 0 Å². The Bertz CT molecular complexity index is 346. The summed E-state index contributed by atoms with van der Waals surface area (Å²) in [6.45, 7) is 0. The van der Waals surface area contributed by atoms with E-state index < -0.39 is 5.95 Å². The van der Waals surface area contributed by atoms with Crippen LogP contribution < -0.4 is 5.32 Å². The topological polar surface area (TPSA) is 59.1 Å². The Balaban J connectivity index is 0.000000140. The molecule has 72 valence electrons. The van der Waals surface area contributed by atoms with Crippen LogP contribution in [0, 0.1) is 5.95 Å². The summed E-state index contributed by atoms with van der Waals surface area (Å²) < 4.78 is 11.8. The van der Waals surface area contributed by atoms with Crippen LogP contribution in [-0.4, -0.2) is 16.8 Å². The van der Waals surface area contributed by atoms with Crippen LogP contribution in [-0.2, 0) is 9.59 Å². The molecule has 2 amide bonds. The summed E-state index contributed by atoms with van der Waals surface area (Å²) in [5.74, 6) is -1.09. The first-order valence-corrected chi connectivity index (χ1v) is 3.78. The van der Waals surface area contributed by atoms with E-state index in [2.05, 4.69) is 4.98 Å².